The summed E-state index contributed by atoms with van der Waals surface area (Å²) in [4.78, 5) is 4.85. The van der Waals surface area contributed by atoms with Crippen LogP contribution in [0.15, 0.2) is 18.2 Å². The van der Waals surface area contributed by atoms with E-state index in [2.05, 4.69) is 39.3 Å². The van der Waals surface area contributed by atoms with Gasteiger partial charge in [-0.2, -0.15) is 0 Å². The third-order valence-corrected chi connectivity index (χ3v) is 4.99. The first-order valence-corrected chi connectivity index (χ1v) is 8.81. The number of hydrogen-bond donors (Lipinski definition) is 0. The number of tetrazole rings is 1. The van der Waals surface area contributed by atoms with Crippen molar-refractivity contribution in [3.8, 4) is 11.5 Å². The van der Waals surface area contributed by atoms with Gasteiger partial charge in [0.1, 0.15) is 0 Å². The average Bonchev–Trinajstić information content (AvgIpc) is 3.27. The fourth-order valence-electron chi connectivity index (χ4n) is 3.51. The summed E-state index contributed by atoms with van der Waals surface area (Å²) in [6, 6.07) is 6.23. The number of fused-ring (bicyclic) bond motifs is 1. The van der Waals surface area contributed by atoms with Crippen molar-refractivity contribution < 1.29 is 9.47 Å². The Morgan fingerprint density at radius 3 is 2.72 bits per heavy atom. The predicted octanol–water partition coefficient (Wildman–Crippen LogP) is 1.15. The van der Waals surface area contributed by atoms with Gasteiger partial charge in [-0.15, -0.1) is 5.10 Å². The Morgan fingerprint density at radius 2 is 1.92 bits per heavy atom. The van der Waals surface area contributed by atoms with Gasteiger partial charge in [0.25, 0.3) is 0 Å². The summed E-state index contributed by atoms with van der Waals surface area (Å²) < 4.78 is 12.7. The van der Waals surface area contributed by atoms with Crippen molar-refractivity contribution in [2.24, 2.45) is 0 Å². The number of likely N-dealkylation sites (N-methyl/N-ethyl adjacent to an activating group) is 1. The van der Waals surface area contributed by atoms with Gasteiger partial charge in [0.05, 0.1) is 12.6 Å². The first kappa shape index (κ1) is 16.3. The molecule has 2 aliphatic heterocycles. The smallest absolute Gasteiger partial charge is 0.231 e. The Morgan fingerprint density at radius 1 is 1.12 bits per heavy atom. The summed E-state index contributed by atoms with van der Waals surface area (Å²) in [5, 5.41) is 12.5. The summed E-state index contributed by atoms with van der Waals surface area (Å²) in [6.45, 7) is 7.38. The number of aromatic nitrogens is 4. The molecule has 1 saturated heterocycles. The van der Waals surface area contributed by atoms with Crippen LogP contribution < -0.4 is 9.47 Å². The van der Waals surface area contributed by atoms with Gasteiger partial charge in [0.2, 0.25) is 6.79 Å². The van der Waals surface area contributed by atoms with Crippen LogP contribution in [0.2, 0.25) is 0 Å². The molecule has 0 radical (unpaired) electrons. The Labute approximate surface area is 147 Å². The van der Waals surface area contributed by atoms with Crippen molar-refractivity contribution >= 4 is 0 Å². The number of benzene rings is 1. The van der Waals surface area contributed by atoms with Gasteiger partial charge in [-0.3, -0.25) is 4.90 Å². The topological polar surface area (TPSA) is 68.5 Å². The van der Waals surface area contributed by atoms with Crippen molar-refractivity contribution in [3.05, 3.63) is 29.6 Å². The standard InChI is InChI=1S/C17H24N6O2/c1-3-14(22-8-6-21(2)7-9-22)17-18-19-20-23(17)11-13-4-5-15-16(10-13)25-12-24-15/h4-5,10,14H,3,6-9,11-12H2,1-2H3/t14-/m1/s1. The molecule has 0 bridgehead atoms. The van der Waals surface area contributed by atoms with Crippen LogP contribution in [0.5, 0.6) is 11.5 Å². The molecule has 0 unspecified atom stereocenters. The molecule has 0 N–H and O–H groups in total. The third-order valence-electron chi connectivity index (χ3n) is 4.99. The zero-order valence-corrected chi connectivity index (χ0v) is 14.8. The quantitative estimate of drug-likeness (QED) is 0.806. The van der Waals surface area contributed by atoms with Gasteiger partial charge < -0.3 is 14.4 Å². The molecule has 25 heavy (non-hydrogen) atoms. The highest BCUT2D eigenvalue weighted by molar-refractivity contribution is 5.44. The summed E-state index contributed by atoms with van der Waals surface area (Å²) in [7, 11) is 2.17. The first-order valence-electron chi connectivity index (χ1n) is 8.81. The zero-order chi connectivity index (χ0) is 17.2. The van der Waals surface area contributed by atoms with Crippen LogP contribution in [0.4, 0.5) is 0 Å². The van der Waals surface area contributed by atoms with Gasteiger partial charge in [-0.1, -0.05) is 13.0 Å². The van der Waals surface area contributed by atoms with Crippen LogP contribution in [-0.4, -0.2) is 70.0 Å². The molecule has 1 aromatic heterocycles. The molecule has 2 aromatic rings. The molecule has 8 nitrogen and oxygen atoms in total. The number of piperazine rings is 1. The molecule has 1 atom stereocenters. The molecule has 4 rings (SSSR count). The Balaban J connectivity index is 1.53. The van der Waals surface area contributed by atoms with E-state index in [0.717, 1.165) is 55.5 Å². The van der Waals surface area contributed by atoms with E-state index in [9.17, 15) is 0 Å². The normalized spacial score (nSPS) is 19.3. The highest BCUT2D eigenvalue weighted by Crippen LogP contribution is 2.33. The van der Waals surface area contributed by atoms with Crippen molar-refractivity contribution in [2.45, 2.75) is 25.9 Å². The van der Waals surface area contributed by atoms with Crippen LogP contribution in [0.3, 0.4) is 0 Å². The maximum Gasteiger partial charge on any atom is 0.231 e. The average molecular weight is 344 g/mol. The lowest BCUT2D eigenvalue weighted by Crippen LogP contribution is -2.46. The van der Waals surface area contributed by atoms with Crippen LogP contribution >= 0.6 is 0 Å². The molecule has 0 saturated carbocycles. The molecule has 0 spiro atoms. The summed E-state index contributed by atoms with van der Waals surface area (Å²) in [5.74, 6) is 2.52. The van der Waals surface area contributed by atoms with Crippen molar-refractivity contribution in [1.29, 1.82) is 0 Å². The molecule has 8 heteroatoms. The highest BCUT2D eigenvalue weighted by Gasteiger charge is 2.27. The maximum atomic E-state index is 5.47. The Kier molecular flexibility index (Phi) is 4.54. The summed E-state index contributed by atoms with van der Waals surface area (Å²) in [6.07, 6.45) is 0.991. The largest absolute Gasteiger partial charge is 0.454 e. The van der Waals surface area contributed by atoms with Gasteiger partial charge >= 0.3 is 0 Å². The Bertz CT molecular complexity index is 726. The lowest BCUT2D eigenvalue weighted by Gasteiger charge is -2.36. The molecular weight excluding hydrogens is 320 g/mol. The van der Waals surface area contributed by atoms with Crippen molar-refractivity contribution in [1.82, 2.24) is 30.0 Å². The van der Waals surface area contributed by atoms with E-state index in [-0.39, 0.29) is 12.8 Å². The van der Waals surface area contributed by atoms with E-state index in [1.165, 1.54) is 0 Å². The molecular formula is C17H24N6O2. The second kappa shape index (κ2) is 6.97. The molecule has 134 valence electrons. The molecule has 0 amide bonds. The van der Waals surface area contributed by atoms with Crippen LogP contribution in [0.1, 0.15) is 30.8 Å². The number of ether oxygens (including phenoxy) is 2. The minimum atomic E-state index is 0.248. The minimum Gasteiger partial charge on any atom is -0.454 e. The predicted molar refractivity (Wildman–Crippen MR) is 91.6 cm³/mol. The van der Waals surface area contributed by atoms with Crippen molar-refractivity contribution in [2.75, 3.05) is 40.0 Å². The van der Waals surface area contributed by atoms with E-state index in [1.54, 1.807) is 0 Å². The van der Waals surface area contributed by atoms with Crippen LogP contribution in [-0.2, 0) is 6.54 Å². The molecule has 1 fully saturated rings. The minimum absolute atomic E-state index is 0.248. The Hall–Kier alpha value is -2.19. The van der Waals surface area contributed by atoms with Gasteiger partial charge in [0.15, 0.2) is 17.3 Å². The van der Waals surface area contributed by atoms with Crippen LogP contribution in [0, 0.1) is 0 Å². The molecule has 3 heterocycles. The molecule has 1 aromatic carbocycles. The second-order valence-electron chi connectivity index (χ2n) is 6.65. The summed E-state index contributed by atoms with van der Waals surface area (Å²) in [5.41, 5.74) is 1.10. The van der Waals surface area contributed by atoms with E-state index in [4.69, 9.17) is 9.47 Å². The maximum absolute atomic E-state index is 5.47. The number of nitrogens with zero attached hydrogens (tertiary/aromatic N) is 6. The number of hydrogen-bond acceptors (Lipinski definition) is 7. The first-order chi connectivity index (χ1) is 12.2. The highest BCUT2D eigenvalue weighted by atomic mass is 16.7. The lowest BCUT2D eigenvalue weighted by molar-refractivity contribution is 0.103. The second-order valence-corrected chi connectivity index (χ2v) is 6.65. The summed E-state index contributed by atoms with van der Waals surface area (Å²) >= 11 is 0. The monoisotopic (exact) mass is 344 g/mol. The van der Waals surface area contributed by atoms with Gasteiger partial charge in [-0.05, 0) is 41.6 Å². The van der Waals surface area contributed by atoms with Gasteiger partial charge in [-0.25, -0.2) is 4.68 Å². The van der Waals surface area contributed by atoms with E-state index >= 15 is 0 Å². The van der Waals surface area contributed by atoms with Gasteiger partial charge in [0, 0.05) is 26.2 Å². The fraction of sp³-hybridized carbons (Fsp3) is 0.588. The van der Waals surface area contributed by atoms with Crippen molar-refractivity contribution in [3.63, 3.8) is 0 Å². The third kappa shape index (κ3) is 3.32. The molecule has 2 aliphatic rings. The molecule has 0 aliphatic carbocycles. The lowest BCUT2D eigenvalue weighted by atomic mass is 10.1. The number of rotatable bonds is 5. The van der Waals surface area contributed by atoms with E-state index < -0.39 is 0 Å². The van der Waals surface area contributed by atoms with E-state index in [1.807, 2.05) is 22.9 Å². The van der Waals surface area contributed by atoms with E-state index in [0.29, 0.717) is 6.54 Å². The SMILES string of the molecule is CC[C@H](c1nnnn1Cc1ccc2c(c1)OCO2)N1CCN(C)CC1. The van der Waals surface area contributed by atoms with Crippen LogP contribution in [0.25, 0.3) is 0 Å². The fourth-order valence-corrected chi connectivity index (χ4v) is 3.51. The zero-order valence-electron chi connectivity index (χ0n) is 14.8.